The van der Waals surface area contributed by atoms with Crippen LogP contribution in [0.4, 0.5) is 0 Å². The van der Waals surface area contributed by atoms with Gasteiger partial charge in [-0.2, -0.15) is 0 Å². The van der Waals surface area contributed by atoms with Gasteiger partial charge in [-0.1, -0.05) is 20.8 Å². The molecule has 1 rings (SSSR count). The lowest BCUT2D eigenvalue weighted by molar-refractivity contribution is -0.131. The highest BCUT2D eigenvalue weighted by Crippen LogP contribution is 2.22. The van der Waals surface area contributed by atoms with E-state index in [2.05, 4.69) is 45.0 Å². The summed E-state index contributed by atoms with van der Waals surface area (Å²) in [5.74, 6) is 1.31. The molecule has 1 N–H and O–H groups in total. The minimum Gasteiger partial charge on any atom is -0.347 e. The van der Waals surface area contributed by atoms with Gasteiger partial charge < -0.3 is 15.1 Å². The fraction of sp³-hybridized carbons (Fsp3) is 0.938. The summed E-state index contributed by atoms with van der Waals surface area (Å²) in [6.07, 6.45) is 2.03. The van der Waals surface area contributed by atoms with Crippen molar-refractivity contribution in [2.24, 2.45) is 11.8 Å². The number of hydrogen-bond donors (Lipinski definition) is 1. The monoisotopic (exact) mass is 283 g/mol. The third kappa shape index (κ3) is 4.74. The number of hydrogen-bond acceptors (Lipinski definition) is 3. The Morgan fingerprint density at radius 2 is 1.95 bits per heavy atom. The first kappa shape index (κ1) is 17.4. The van der Waals surface area contributed by atoms with Gasteiger partial charge in [-0.25, -0.2) is 0 Å². The summed E-state index contributed by atoms with van der Waals surface area (Å²) in [4.78, 5) is 16.5. The summed E-state index contributed by atoms with van der Waals surface area (Å²) < 4.78 is 0. The highest BCUT2D eigenvalue weighted by atomic mass is 16.2. The molecule has 0 saturated carbocycles. The quantitative estimate of drug-likeness (QED) is 0.836. The summed E-state index contributed by atoms with van der Waals surface area (Å²) >= 11 is 0. The molecule has 20 heavy (non-hydrogen) atoms. The van der Waals surface area contributed by atoms with E-state index in [9.17, 15) is 4.79 Å². The zero-order valence-electron chi connectivity index (χ0n) is 14.3. The Bertz CT molecular complexity index is 317. The second kappa shape index (κ2) is 7.41. The number of nitrogens with zero attached hydrogens (tertiary/aromatic N) is 2. The fourth-order valence-electron chi connectivity index (χ4n) is 3.06. The Morgan fingerprint density at radius 3 is 2.45 bits per heavy atom. The average molecular weight is 283 g/mol. The second-order valence-corrected chi connectivity index (χ2v) is 7.19. The number of rotatable bonds is 5. The van der Waals surface area contributed by atoms with Gasteiger partial charge in [-0.3, -0.25) is 4.79 Å². The molecule has 1 fully saturated rings. The number of amides is 1. The van der Waals surface area contributed by atoms with Crippen molar-refractivity contribution in [3.63, 3.8) is 0 Å². The van der Waals surface area contributed by atoms with E-state index >= 15 is 0 Å². The fourth-order valence-corrected chi connectivity index (χ4v) is 3.06. The highest BCUT2D eigenvalue weighted by molar-refractivity contribution is 5.81. The molecule has 0 aromatic carbocycles. The predicted molar refractivity (Wildman–Crippen MR) is 84.7 cm³/mol. The molecule has 118 valence electrons. The third-order valence-corrected chi connectivity index (χ3v) is 4.47. The van der Waals surface area contributed by atoms with Crippen LogP contribution < -0.4 is 5.32 Å². The molecule has 0 aliphatic carbocycles. The van der Waals surface area contributed by atoms with E-state index in [0.29, 0.717) is 23.9 Å². The number of carbonyl (C=O) groups is 1. The molecule has 1 amide bonds. The SMILES string of the molecule is CC(C)CC(NC1CC(C)N(C)CC1C)C(=O)N(C)C. The Morgan fingerprint density at radius 1 is 1.35 bits per heavy atom. The molecule has 0 aromatic heterocycles. The first-order valence-electron chi connectivity index (χ1n) is 7.89. The first-order valence-corrected chi connectivity index (χ1v) is 7.89. The normalized spacial score (nSPS) is 29.5. The van der Waals surface area contributed by atoms with E-state index in [4.69, 9.17) is 0 Å². The Balaban J connectivity index is 2.71. The summed E-state index contributed by atoms with van der Waals surface area (Å²) in [5.41, 5.74) is 0. The lowest BCUT2D eigenvalue weighted by Crippen LogP contribution is -2.56. The van der Waals surface area contributed by atoms with Crippen LogP contribution in [0, 0.1) is 11.8 Å². The lowest BCUT2D eigenvalue weighted by Gasteiger charge is -2.41. The molecule has 4 unspecified atom stereocenters. The maximum Gasteiger partial charge on any atom is 0.239 e. The van der Waals surface area contributed by atoms with E-state index in [0.717, 1.165) is 19.4 Å². The molecule has 1 saturated heterocycles. The maximum atomic E-state index is 12.4. The lowest BCUT2D eigenvalue weighted by atomic mass is 9.88. The average Bonchev–Trinajstić information content (AvgIpc) is 2.33. The van der Waals surface area contributed by atoms with Gasteiger partial charge in [0.25, 0.3) is 0 Å². The largest absolute Gasteiger partial charge is 0.347 e. The van der Waals surface area contributed by atoms with Crippen molar-refractivity contribution >= 4 is 5.91 Å². The summed E-state index contributed by atoms with van der Waals surface area (Å²) in [7, 11) is 5.88. The zero-order chi connectivity index (χ0) is 15.4. The third-order valence-electron chi connectivity index (χ3n) is 4.47. The van der Waals surface area contributed by atoms with Crippen LogP contribution in [0.1, 0.15) is 40.5 Å². The van der Waals surface area contributed by atoms with Crippen LogP contribution in [0.3, 0.4) is 0 Å². The number of carbonyl (C=O) groups excluding carboxylic acids is 1. The standard InChI is InChI=1S/C16H33N3O/c1-11(2)8-15(16(20)18(5)6)17-14-9-13(4)19(7)10-12(14)3/h11-15,17H,8-10H2,1-7H3. The predicted octanol–water partition coefficient (Wildman–Crippen LogP) is 1.81. The molecule has 4 nitrogen and oxygen atoms in total. The molecule has 0 bridgehead atoms. The molecular formula is C16H33N3O. The van der Waals surface area contributed by atoms with Crippen LogP contribution >= 0.6 is 0 Å². The molecule has 4 heteroatoms. The van der Waals surface area contributed by atoms with Crippen molar-refractivity contribution in [3.8, 4) is 0 Å². The van der Waals surface area contributed by atoms with E-state index in [1.807, 2.05) is 14.1 Å². The summed E-state index contributed by atoms with van der Waals surface area (Å²) in [6, 6.07) is 0.972. The van der Waals surface area contributed by atoms with Gasteiger partial charge in [0.2, 0.25) is 5.91 Å². The van der Waals surface area contributed by atoms with Crippen LogP contribution in [0.15, 0.2) is 0 Å². The van der Waals surface area contributed by atoms with Crippen molar-refractivity contribution in [2.45, 2.75) is 58.7 Å². The number of piperidine rings is 1. The molecule has 4 atom stereocenters. The van der Waals surface area contributed by atoms with E-state index in [1.165, 1.54) is 0 Å². The number of likely N-dealkylation sites (N-methyl/N-ethyl adjacent to an activating group) is 1. The van der Waals surface area contributed by atoms with Crippen LogP contribution in [-0.4, -0.2) is 61.5 Å². The maximum absolute atomic E-state index is 12.4. The van der Waals surface area contributed by atoms with E-state index < -0.39 is 0 Å². The van der Waals surface area contributed by atoms with Crippen LogP contribution in [0.2, 0.25) is 0 Å². The molecule has 1 aliphatic rings. The van der Waals surface area contributed by atoms with Crippen LogP contribution in [-0.2, 0) is 4.79 Å². The van der Waals surface area contributed by atoms with E-state index in [-0.39, 0.29) is 11.9 Å². The second-order valence-electron chi connectivity index (χ2n) is 7.19. The van der Waals surface area contributed by atoms with Gasteiger partial charge in [-0.15, -0.1) is 0 Å². The van der Waals surface area contributed by atoms with Gasteiger partial charge >= 0.3 is 0 Å². The smallest absolute Gasteiger partial charge is 0.239 e. The van der Waals surface area contributed by atoms with Gasteiger partial charge in [0.15, 0.2) is 0 Å². The highest BCUT2D eigenvalue weighted by Gasteiger charge is 2.32. The molecule has 0 aromatic rings. The first-order chi connectivity index (χ1) is 9.22. The number of nitrogens with one attached hydrogen (secondary N) is 1. The van der Waals surface area contributed by atoms with Gasteiger partial charge in [-0.05, 0) is 38.6 Å². The van der Waals surface area contributed by atoms with Crippen molar-refractivity contribution < 1.29 is 4.79 Å². The Hall–Kier alpha value is -0.610. The molecule has 1 heterocycles. The minimum atomic E-state index is -0.0481. The summed E-state index contributed by atoms with van der Waals surface area (Å²) in [6.45, 7) is 10.0. The molecule has 0 radical (unpaired) electrons. The van der Waals surface area contributed by atoms with Gasteiger partial charge in [0, 0.05) is 32.7 Å². The van der Waals surface area contributed by atoms with Crippen molar-refractivity contribution in [1.82, 2.24) is 15.1 Å². The van der Waals surface area contributed by atoms with E-state index in [1.54, 1.807) is 4.90 Å². The Labute approximate surface area is 124 Å². The van der Waals surface area contributed by atoms with Crippen LogP contribution in [0.5, 0.6) is 0 Å². The van der Waals surface area contributed by atoms with Crippen molar-refractivity contribution in [2.75, 3.05) is 27.7 Å². The number of likely N-dealkylation sites (tertiary alicyclic amines) is 1. The van der Waals surface area contributed by atoms with Gasteiger partial charge in [0.1, 0.15) is 0 Å². The summed E-state index contributed by atoms with van der Waals surface area (Å²) in [5, 5.41) is 3.65. The molecule has 1 aliphatic heterocycles. The minimum absolute atomic E-state index is 0.0481. The molecule has 0 spiro atoms. The topological polar surface area (TPSA) is 35.6 Å². The van der Waals surface area contributed by atoms with Crippen LogP contribution in [0.25, 0.3) is 0 Å². The van der Waals surface area contributed by atoms with Crippen molar-refractivity contribution in [3.05, 3.63) is 0 Å². The zero-order valence-corrected chi connectivity index (χ0v) is 14.3. The Kier molecular flexibility index (Phi) is 6.46. The van der Waals surface area contributed by atoms with Crippen molar-refractivity contribution in [1.29, 1.82) is 0 Å². The molecular weight excluding hydrogens is 250 g/mol. The van der Waals surface area contributed by atoms with Gasteiger partial charge in [0.05, 0.1) is 6.04 Å².